The van der Waals surface area contributed by atoms with Gasteiger partial charge in [-0.3, -0.25) is 0 Å². The molecule has 0 amide bonds. The molecule has 1 aliphatic carbocycles. The third-order valence-corrected chi connectivity index (χ3v) is 4.83. The predicted octanol–water partition coefficient (Wildman–Crippen LogP) is 5.06. The quantitative estimate of drug-likeness (QED) is 0.794. The fourth-order valence-corrected chi connectivity index (χ4v) is 3.89. The molecule has 1 heterocycles. The van der Waals surface area contributed by atoms with E-state index in [1.807, 2.05) is 18.2 Å². The molecule has 96 valence electrons. The fraction of sp³-hybridized carbons (Fsp3) is 0.286. The van der Waals surface area contributed by atoms with Gasteiger partial charge in [0.2, 0.25) is 0 Å². The molecule has 0 saturated heterocycles. The zero-order valence-electron chi connectivity index (χ0n) is 9.99. The summed E-state index contributed by atoms with van der Waals surface area (Å²) in [5.74, 6) is 0.523. The summed E-state index contributed by atoms with van der Waals surface area (Å²) >= 11 is 14.0. The van der Waals surface area contributed by atoms with Crippen LogP contribution in [0.4, 0.5) is 0 Å². The maximum absolute atomic E-state index is 8.91. The highest BCUT2D eigenvalue weighted by molar-refractivity contribution is 7.15. The number of aromatic nitrogens is 1. The SMILES string of the molecule is N#CCc1sc(-c2c(Cl)cccc2Cl)nc1C1CC1. The Labute approximate surface area is 125 Å². The summed E-state index contributed by atoms with van der Waals surface area (Å²) < 4.78 is 0. The molecule has 0 N–H and O–H groups in total. The number of hydrogen-bond donors (Lipinski definition) is 0. The molecule has 1 fully saturated rings. The number of rotatable bonds is 3. The van der Waals surface area contributed by atoms with Gasteiger partial charge in [0.05, 0.1) is 28.2 Å². The van der Waals surface area contributed by atoms with Crippen LogP contribution in [0.25, 0.3) is 10.6 Å². The topological polar surface area (TPSA) is 36.7 Å². The van der Waals surface area contributed by atoms with Gasteiger partial charge in [0.25, 0.3) is 0 Å². The number of nitriles is 1. The molecule has 0 spiro atoms. The standard InChI is InChI=1S/C14H10Cl2N2S/c15-9-2-1-3-10(16)12(9)14-18-13(8-4-5-8)11(19-14)6-7-17/h1-3,8H,4-6H2. The monoisotopic (exact) mass is 308 g/mol. The van der Waals surface area contributed by atoms with Crippen LogP contribution in [0.3, 0.4) is 0 Å². The van der Waals surface area contributed by atoms with Crippen molar-refractivity contribution in [3.63, 3.8) is 0 Å². The smallest absolute Gasteiger partial charge is 0.126 e. The summed E-state index contributed by atoms with van der Waals surface area (Å²) in [4.78, 5) is 5.73. The van der Waals surface area contributed by atoms with Gasteiger partial charge in [0.1, 0.15) is 5.01 Å². The minimum atomic E-state index is 0.408. The van der Waals surface area contributed by atoms with E-state index in [4.69, 9.17) is 28.5 Å². The molecule has 5 heteroatoms. The second-order valence-electron chi connectivity index (χ2n) is 4.53. The summed E-state index contributed by atoms with van der Waals surface area (Å²) in [5.41, 5.74) is 1.85. The van der Waals surface area contributed by atoms with Gasteiger partial charge in [-0.05, 0) is 25.0 Å². The van der Waals surface area contributed by atoms with Gasteiger partial charge >= 0.3 is 0 Å². The van der Waals surface area contributed by atoms with E-state index in [9.17, 15) is 0 Å². The molecule has 0 unspecified atom stereocenters. The first-order valence-electron chi connectivity index (χ1n) is 6.01. The molecule has 0 radical (unpaired) electrons. The third-order valence-electron chi connectivity index (χ3n) is 3.11. The maximum Gasteiger partial charge on any atom is 0.126 e. The highest BCUT2D eigenvalue weighted by Crippen LogP contribution is 2.46. The third kappa shape index (κ3) is 2.49. The zero-order valence-corrected chi connectivity index (χ0v) is 12.3. The van der Waals surface area contributed by atoms with Crippen LogP contribution in [-0.4, -0.2) is 4.98 Å². The summed E-state index contributed by atoms with van der Waals surface area (Å²) in [6, 6.07) is 7.65. The lowest BCUT2D eigenvalue weighted by Crippen LogP contribution is -1.87. The van der Waals surface area contributed by atoms with Gasteiger partial charge in [0, 0.05) is 16.4 Å². The normalized spacial score (nSPS) is 14.4. The molecule has 19 heavy (non-hydrogen) atoms. The summed E-state index contributed by atoms with van der Waals surface area (Å²) in [6.07, 6.45) is 2.74. The van der Waals surface area contributed by atoms with Crippen molar-refractivity contribution >= 4 is 34.5 Å². The average molecular weight is 309 g/mol. The molecule has 1 aliphatic rings. The number of hydrogen-bond acceptors (Lipinski definition) is 3. The average Bonchev–Trinajstić information content (AvgIpc) is 3.13. The number of nitrogens with zero attached hydrogens (tertiary/aromatic N) is 2. The van der Waals surface area contributed by atoms with Gasteiger partial charge in [-0.25, -0.2) is 4.98 Å². The lowest BCUT2D eigenvalue weighted by atomic mass is 10.2. The van der Waals surface area contributed by atoms with E-state index in [1.165, 1.54) is 11.3 Å². The van der Waals surface area contributed by atoms with E-state index in [1.54, 1.807) is 0 Å². The second-order valence-corrected chi connectivity index (χ2v) is 6.43. The van der Waals surface area contributed by atoms with E-state index in [0.717, 1.165) is 34.0 Å². The van der Waals surface area contributed by atoms with Crippen molar-refractivity contribution in [3.8, 4) is 16.6 Å². The summed E-state index contributed by atoms with van der Waals surface area (Å²) in [6.45, 7) is 0. The Kier molecular flexibility index (Phi) is 3.49. The molecule has 1 saturated carbocycles. The molecular formula is C14H10Cl2N2S. The highest BCUT2D eigenvalue weighted by atomic mass is 35.5. The van der Waals surface area contributed by atoms with Crippen molar-refractivity contribution in [3.05, 3.63) is 38.8 Å². The van der Waals surface area contributed by atoms with Gasteiger partial charge < -0.3 is 0 Å². The van der Waals surface area contributed by atoms with Crippen molar-refractivity contribution in [2.45, 2.75) is 25.2 Å². The van der Waals surface area contributed by atoms with Gasteiger partial charge in [-0.15, -0.1) is 11.3 Å². The van der Waals surface area contributed by atoms with E-state index in [-0.39, 0.29) is 0 Å². The van der Waals surface area contributed by atoms with Crippen LogP contribution in [0.5, 0.6) is 0 Å². The molecule has 2 aromatic rings. The van der Waals surface area contributed by atoms with E-state index in [2.05, 4.69) is 11.1 Å². The van der Waals surface area contributed by atoms with Crippen LogP contribution >= 0.6 is 34.5 Å². The lowest BCUT2D eigenvalue weighted by molar-refractivity contribution is 1.02. The number of benzene rings is 1. The lowest BCUT2D eigenvalue weighted by Gasteiger charge is -2.02. The van der Waals surface area contributed by atoms with E-state index < -0.39 is 0 Å². The molecule has 1 aromatic carbocycles. The number of halogens is 2. The molecule has 1 aromatic heterocycles. The first kappa shape index (κ1) is 12.9. The van der Waals surface area contributed by atoms with E-state index >= 15 is 0 Å². The van der Waals surface area contributed by atoms with Crippen molar-refractivity contribution < 1.29 is 0 Å². The molecule has 2 nitrogen and oxygen atoms in total. The molecule has 0 bridgehead atoms. The highest BCUT2D eigenvalue weighted by Gasteiger charge is 2.30. The summed E-state index contributed by atoms with van der Waals surface area (Å²) in [5, 5.41) is 10.9. The summed E-state index contributed by atoms with van der Waals surface area (Å²) in [7, 11) is 0. The first-order valence-corrected chi connectivity index (χ1v) is 7.59. The Morgan fingerprint density at radius 3 is 2.58 bits per heavy atom. The van der Waals surface area contributed by atoms with Gasteiger partial charge in [-0.1, -0.05) is 29.3 Å². The molecule has 3 rings (SSSR count). The predicted molar refractivity (Wildman–Crippen MR) is 78.9 cm³/mol. The molecule has 0 atom stereocenters. The fourth-order valence-electron chi connectivity index (χ4n) is 2.05. The largest absolute Gasteiger partial charge is 0.240 e. The van der Waals surface area contributed by atoms with Crippen LogP contribution < -0.4 is 0 Å². The maximum atomic E-state index is 8.91. The number of thiazole rings is 1. The minimum Gasteiger partial charge on any atom is -0.240 e. The Morgan fingerprint density at radius 2 is 2.00 bits per heavy atom. The zero-order chi connectivity index (χ0) is 13.4. The van der Waals surface area contributed by atoms with Crippen LogP contribution in [0.1, 0.15) is 29.3 Å². The van der Waals surface area contributed by atoms with Crippen LogP contribution in [0.2, 0.25) is 10.0 Å². The van der Waals surface area contributed by atoms with Gasteiger partial charge in [-0.2, -0.15) is 5.26 Å². The van der Waals surface area contributed by atoms with Crippen LogP contribution in [-0.2, 0) is 6.42 Å². The van der Waals surface area contributed by atoms with Crippen molar-refractivity contribution in [2.75, 3.05) is 0 Å². The Hall–Kier alpha value is -1.08. The van der Waals surface area contributed by atoms with Crippen LogP contribution in [0, 0.1) is 11.3 Å². The molecule has 0 aliphatic heterocycles. The Morgan fingerprint density at radius 1 is 1.32 bits per heavy atom. The van der Waals surface area contributed by atoms with Gasteiger partial charge in [0.15, 0.2) is 0 Å². The van der Waals surface area contributed by atoms with Crippen molar-refractivity contribution in [1.82, 2.24) is 4.98 Å². The van der Waals surface area contributed by atoms with Crippen molar-refractivity contribution in [1.29, 1.82) is 5.26 Å². The molecular weight excluding hydrogens is 299 g/mol. The Bertz CT molecular complexity index is 648. The second kappa shape index (κ2) is 5.13. The van der Waals surface area contributed by atoms with Crippen LogP contribution in [0.15, 0.2) is 18.2 Å². The first-order chi connectivity index (χ1) is 9.20. The minimum absolute atomic E-state index is 0.408. The Balaban J connectivity index is 2.11. The van der Waals surface area contributed by atoms with E-state index in [0.29, 0.717) is 22.4 Å². The van der Waals surface area contributed by atoms with Crippen molar-refractivity contribution in [2.24, 2.45) is 0 Å².